The van der Waals surface area contributed by atoms with E-state index in [4.69, 9.17) is 11.6 Å². The predicted octanol–water partition coefficient (Wildman–Crippen LogP) is 2.14. The first-order valence-electron chi connectivity index (χ1n) is 4.58. The maximum atomic E-state index is 5.68. The number of aryl methyl sites for hydroxylation is 1. The number of aromatic nitrogens is 3. The number of rotatable bonds is 4. The number of alkyl halides is 1. The van der Waals surface area contributed by atoms with Gasteiger partial charge in [0.15, 0.2) is 0 Å². The Hall–Kier alpha value is -0.570. The van der Waals surface area contributed by atoms with Crippen LogP contribution in [0.5, 0.6) is 0 Å². The third kappa shape index (κ3) is 2.69. The molecule has 0 amide bonds. The van der Waals surface area contributed by atoms with E-state index in [1.165, 1.54) is 0 Å². The summed E-state index contributed by atoms with van der Waals surface area (Å²) in [6, 6.07) is 0. The standard InChI is InChI=1S/C9H16ClN3/c1-7(2)4-5-8-11-12-9(6-10)13(8)3/h7H,4-6H2,1-3H3. The molecule has 0 fully saturated rings. The van der Waals surface area contributed by atoms with Crippen molar-refractivity contribution < 1.29 is 0 Å². The van der Waals surface area contributed by atoms with Crippen molar-refractivity contribution in [2.75, 3.05) is 0 Å². The van der Waals surface area contributed by atoms with Gasteiger partial charge in [0.05, 0.1) is 5.88 Å². The second kappa shape index (κ2) is 4.61. The number of hydrogen-bond donors (Lipinski definition) is 0. The predicted molar refractivity (Wildman–Crippen MR) is 53.7 cm³/mol. The van der Waals surface area contributed by atoms with E-state index in [2.05, 4.69) is 24.0 Å². The van der Waals surface area contributed by atoms with Crippen molar-refractivity contribution in [2.45, 2.75) is 32.6 Å². The molecule has 1 aromatic heterocycles. The molecule has 0 saturated heterocycles. The van der Waals surface area contributed by atoms with Gasteiger partial charge < -0.3 is 4.57 Å². The van der Waals surface area contributed by atoms with Crippen LogP contribution in [0.15, 0.2) is 0 Å². The van der Waals surface area contributed by atoms with Crippen LogP contribution in [0, 0.1) is 5.92 Å². The lowest BCUT2D eigenvalue weighted by Crippen LogP contribution is -2.02. The van der Waals surface area contributed by atoms with Crippen molar-refractivity contribution in [1.29, 1.82) is 0 Å². The maximum absolute atomic E-state index is 5.68. The molecule has 1 rings (SSSR count). The zero-order valence-corrected chi connectivity index (χ0v) is 9.17. The zero-order valence-electron chi connectivity index (χ0n) is 8.42. The molecule has 3 nitrogen and oxygen atoms in total. The lowest BCUT2D eigenvalue weighted by molar-refractivity contribution is 0.564. The van der Waals surface area contributed by atoms with Crippen molar-refractivity contribution in [3.8, 4) is 0 Å². The van der Waals surface area contributed by atoms with Crippen LogP contribution in [-0.2, 0) is 19.3 Å². The molecule has 1 aromatic rings. The van der Waals surface area contributed by atoms with E-state index >= 15 is 0 Å². The van der Waals surface area contributed by atoms with Crippen molar-refractivity contribution in [3.63, 3.8) is 0 Å². The van der Waals surface area contributed by atoms with Gasteiger partial charge in [-0.2, -0.15) is 0 Å². The Kier molecular flexibility index (Phi) is 3.72. The molecule has 0 aromatic carbocycles. The van der Waals surface area contributed by atoms with Gasteiger partial charge in [0.1, 0.15) is 11.6 Å². The van der Waals surface area contributed by atoms with E-state index in [1.54, 1.807) is 0 Å². The summed E-state index contributed by atoms with van der Waals surface area (Å²) in [5.74, 6) is 3.02. The second-order valence-corrected chi connectivity index (χ2v) is 3.92. The largest absolute Gasteiger partial charge is 0.317 e. The maximum Gasteiger partial charge on any atom is 0.147 e. The van der Waals surface area contributed by atoms with Crippen molar-refractivity contribution in [3.05, 3.63) is 11.6 Å². The average molecular weight is 202 g/mol. The fourth-order valence-corrected chi connectivity index (χ4v) is 1.38. The number of hydrogen-bond acceptors (Lipinski definition) is 2. The van der Waals surface area contributed by atoms with Gasteiger partial charge in [-0.05, 0) is 12.3 Å². The Bertz CT molecular complexity index is 268. The third-order valence-corrected chi connectivity index (χ3v) is 2.36. The van der Waals surface area contributed by atoms with E-state index < -0.39 is 0 Å². The Morgan fingerprint density at radius 2 is 1.92 bits per heavy atom. The van der Waals surface area contributed by atoms with Crippen LogP contribution >= 0.6 is 11.6 Å². The highest BCUT2D eigenvalue weighted by molar-refractivity contribution is 6.16. The van der Waals surface area contributed by atoms with Crippen LogP contribution in [0.25, 0.3) is 0 Å². The van der Waals surface area contributed by atoms with Gasteiger partial charge in [-0.15, -0.1) is 21.8 Å². The molecule has 0 N–H and O–H groups in total. The molecule has 1 heterocycles. The summed E-state index contributed by atoms with van der Waals surface area (Å²) in [6.07, 6.45) is 2.13. The highest BCUT2D eigenvalue weighted by atomic mass is 35.5. The third-order valence-electron chi connectivity index (χ3n) is 2.12. The molecular weight excluding hydrogens is 186 g/mol. The van der Waals surface area contributed by atoms with Crippen molar-refractivity contribution in [1.82, 2.24) is 14.8 Å². The van der Waals surface area contributed by atoms with E-state index in [9.17, 15) is 0 Å². The number of halogens is 1. The minimum absolute atomic E-state index is 0.436. The van der Waals surface area contributed by atoms with Gasteiger partial charge in [0.25, 0.3) is 0 Å². The van der Waals surface area contributed by atoms with Crippen LogP contribution in [0.2, 0.25) is 0 Å². The van der Waals surface area contributed by atoms with E-state index in [1.807, 2.05) is 11.6 Å². The van der Waals surface area contributed by atoms with Crippen molar-refractivity contribution in [2.24, 2.45) is 13.0 Å². The van der Waals surface area contributed by atoms with E-state index in [-0.39, 0.29) is 0 Å². The van der Waals surface area contributed by atoms with Gasteiger partial charge in [-0.3, -0.25) is 0 Å². The van der Waals surface area contributed by atoms with E-state index in [0.717, 1.165) is 24.5 Å². The lowest BCUT2D eigenvalue weighted by Gasteiger charge is -2.04. The van der Waals surface area contributed by atoms with Crippen LogP contribution < -0.4 is 0 Å². The highest BCUT2D eigenvalue weighted by Crippen LogP contribution is 2.08. The molecule has 0 spiro atoms. The van der Waals surface area contributed by atoms with Gasteiger partial charge in [-0.1, -0.05) is 13.8 Å². The fourth-order valence-electron chi connectivity index (χ4n) is 1.15. The second-order valence-electron chi connectivity index (χ2n) is 3.66. The normalized spacial score (nSPS) is 11.2. The molecule has 4 heteroatoms. The molecule has 74 valence electrons. The minimum Gasteiger partial charge on any atom is -0.317 e. The monoisotopic (exact) mass is 201 g/mol. The first-order valence-corrected chi connectivity index (χ1v) is 5.11. The highest BCUT2D eigenvalue weighted by Gasteiger charge is 2.07. The molecule has 0 bridgehead atoms. The molecule has 0 unspecified atom stereocenters. The quantitative estimate of drug-likeness (QED) is 0.699. The lowest BCUT2D eigenvalue weighted by atomic mass is 10.1. The summed E-state index contributed by atoms with van der Waals surface area (Å²) in [6.45, 7) is 4.41. The summed E-state index contributed by atoms with van der Waals surface area (Å²) < 4.78 is 1.98. The number of nitrogens with zero attached hydrogens (tertiary/aromatic N) is 3. The molecule has 0 saturated carbocycles. The van der Waals surface area contributed by atoms with Gasteiger partial charge in [-0.25, -0.2) is 0 Å². The molecule has 0 aliphatic rings. The molecule has 0 radical (unpaired) electrons. The molecule has 0 aliphatic carbocycles. The average Bonchev–Trinajstić information content (AvgIpc) is 2.43. The van der Waals surface area contributed by atoms with Gasteiger partial charge >= 0.3 is 0 Å². The van der Waals surface area contributed by atoms with Crippen LogP contribution in [0.1, 0.15) is 31.9 Å². The molecule has 0 atom stereocenters. The summed E-state index contributed by atoms with van der Waals surface area (Å²) in [5.41, 5.74) is 0. The molecular formula is C9H16ClN3. The topological polar surface area (TPSA) is 30.7 Å². The molecule has 0 aliphatic heterocycles. The Morgan fingerprint density at radius 3 is 2.38 bits per heavy atom. The Morgan fingerprint density at radius 1 is 1.31 bits per heavy atom. The molecule has 13 heavy (non-hydrogen) atoms. The van der Waals surface area contributed by atoms with E-state index in [0.29, 0.717) is 11.8 Å². The summed E-state index contributed by atoms with van der Waals surface area (Å²) in [5, 5.41) is 8.08. The van der Waals surface area contributed by atoms with Crippen molar-refractivity contribution >= 4 is 11.6 Å². The minimum atomic E-state index is 0.436. The summed E-state index contributed by atoms with van der Waals surface area (Å²) in [7, 11) is 1.97. The zero-order chi connectivity index (χ0) is 9.84. The van der Waals surface area contributed by atoms with Gasteiger partial charge in [0.2, 0.25) is 0 Å². The van der Waals surface area contributed by atoms with Crippen LogP contribution in [0.4, 0.5) is 0 Å². The Balaban J connectivity index is 2.62. The van der Waals surface area contributed by atoms with Gasteiger partial charge in [0, 0.05) is 13.5 Å². The van der Waals surface area contributed by atoms with Crippen LogP contribution in [0.3, 0.4) is 0 Å². The summed E-state index contributed by atoms with van der Waals surface area (Å²) in [4.78, 5) is 0. The summed E-state index contributed by atoms with van der Waals surface area (Å²) >= 11 is 5.68. The SMILES string of the molecule is CC(C)CCc1nnc(CCl)n1C. The Labute approximate surface area is 84.1 Å². The fraction of sp³-hybridized carbons (Fsp3) is 0.778. The smallest absolute Gasteiger partial charge is 0.147 e. The van der Waals surface area contributed by atoms with Crippen LogP contribution in [-0.4, -0.2) is 14.8 Å². The first kappa shape index (κ1) is 10.5. The first-order chi connectivity index (χ1) is 6.15.